The SMILES string of the molecule is NS(=O)(=O)c1ccc(NC(=S)Nc2ccc(N=Nc3ccccc3)cc2)cc1. The quantitative estimate of drug-likeness (QED) is 0.421. The number of hydrogen-bond acceptors (Lipinski definition) is 5. The largest absolute Gasteiger partial charge is 0.332 e. The van der Waals surface area contributed by atoms with Crippen LogP contribution >= 0.6 is 12.2 Å². The number of benzene rings is 3. The highest BCUT2D eigenvalue weighted by molar-refractivity contribution is 7.89. The number of hydrogen-bond donors (Lipinski definition) is 3. The molecule has 9 heteroatoms. The molecule has 4 N–H and O–H groups in total. The zero-order valence-corrected chi connectivity index (χ0v) is 16.2. The van der Waals surface area contributed by atoms with Crippen LogP contribution in [0.25, 0.3) is 0 Å². The average Bonchev–Trinajstić information content (AvgIpc) is 2.68. The minimum atomic E-state index is -3.72. The van der Waals surface area contributed by atoms with E-state index in [0.29, 0.717) is 16.5 Å². The van der Waals surface area contributed by atoms with Crippen LogP contribution in [0.4, 0.5) is 22.7 Å². The topological polar surface area (TPSA) is 109 Å². The van der Waals surface area contributed by atoms with E-state index in [2.05, 4.69) is 20.9 Å². The standard InChI is InChI=1S/C19H17N5O2S2/c20-28(25,26)18-12-10-15(11-13-18)22-19(27)21-14-6-8-17(9-7-14)24-23-16-4-2-1-3-5-16/h1-13H,(H2,20,25,26)(H2,21,22,27). The molecule has 0 amide bonds. The Kier molecular flexibility index (Phi) is 6.09. The van der Waals surface area contributed by atoms with E-state index in [1.165, 1.54) is 12.1 Å². The molecule has 142 valence electrons. The lowest BCUT2D eigenvalue weighted by atomic mass is 10.3. The Morgan fingerprint density at radius 2 is 1.21 bits per heavy atom. The van der Waals surface area contributed by atoms with E-state index < -0.39 is 10.0 Å². The highest BCUT2D eigenvalue weighted by atomic mass is 32.2. The van der Waals surface area contributed by atoms with Crippen molar-refractivity contribution in [2.24, 2.45) is 15.4 Å². The minimum Gasteiger partial charge on any atom is -0.332 e. The normalized spacial score (nSPS) is 11.3. The zero-order valence-electron chi connectivity index (χ0n) is 14.6. The van der Waals surface area contributed by atoms with E-state index in [9.17, 15) is 8.42 Å². The van der Waals surface area contributed by atoms with Crippen LogP contribution in [0.3, 0.4) is 0 Å². The van der Waals surface area contributed by atoms with Gasteiger partial charge in [-0.05, 0) is 72.9 Å². The first-order valence-electron chi connectivity index (χ1n) is 8.18. The molecule has 0 fully saturated rings. The first kappa shape index (κ1) is 19.6. The van der Waals surface area contributed by atoms with Gasteiger partial charge in [-0.1, -0.05) is 18.2 Å². The Bertz CT molecular complexity index is 1080. The fourth-order valence-electron chi connectivity index (χ4n) is 2.24. The number of nitrogens with zero attached hydrogens (tertiary/aromatic N) is 2. The number of rotatable bonds is 5. The summed E-state index contributed by atoms with van der Waals surface area (Å²) in [6.07, 6.45) is 0. The summed E-state index contributed by atoms with van der Waals surface area (Å²) in [5, 5.41) is 19.8. The van der Waals surface area contributed by atoms with Crippen LogP contribution < -0.4 is 15.8 Å². The van der Waals surface area contributed by atoms with Gasteiger partial charge >= 0.3 is 0 Å². The minimum absolute atomic E-state index is 0.0391. The Morgan fingerprint density at radius 1 is 0.750 bits per heavy atom. The molecular formula is C19H17N5O2S2. The van der Waals surface area contributed by atoms with Gasteiger partial charge in [-0.25, -0.2) is 13.6 Å². The summed E-state index contributed by atoms with van der Waals surface area (Å²) in [6.45, 7) is 0. The van der Waals surface area contributed by atoms with Crippen molar-refractivity contribution in [2.45, 2.75) is 4.90 Å². The highest BCUT2D eigenvalue weighted by Crippen LogP contribution is 2.20. The maximum Gasteiger partial charge on any atom is 0.238 e. The summed E-state index contributed by atoms with van der Waals surface area (Å²) in [6, 6.07) is 22.8. The number of sulfonamides is 1. The monoisotopic (exact) mass is 411 g/mol. The van der Waals surface area contributed by atoms with Crippen LogP contribution in [0, 0.1) is 0 Å². The molecule has 0 aliphatic carbocycles. The molecule has 0 aromatic heterocycles. The Hall–Kier alpha value is -3.14. The molecule has 7 nitrogen and oxygen atoms in total. The summed E-state index contributed by atoms with van der Waals surface area (Å²) in [4.78, 5) is 0.0391. The maximum atomic E-state index is 11.3. The number of azo groups is 1. The van der Waals surface area contributed by atoms with Crippen LogP contribution in [0.5, 0.6) is 0 Å². The highest BCUT2D eigenvalue weighted by Gasteiger charge is 2.07. The summed E-state index contributed by atoms with van der Waals surface area (Å²) in [5.41, 5.74) is 2.91. The van der Waals surface area contributed by atoms with E-state index >= 15 is 0 Å². The third-order valence-corrected chi connectivity index (χ3v) is 4.74. The Balaban J connectivity index is 1.58. The van der Waals surface area contributed by atoms with E-state index in [-0.39, 0.29) is 4.90 Å². The second-order valence-electron chi connectivity index (χ2n) is 5.73. The molecule has 0 atom stereocenters. The molecule has 0 aliphatic rings. The van der Waals surface area contributed by atoms with E-state index in [1.54, 1.807) is 12.1 Å². The smallest absolute Gasteiger partial charge is 0.238 e. The van der Waals surface area contributed by atoms with Crippen molar-refractivity contribution in [2.75, 3.05) is 10.6 Å². The van der Waals surface area contributed by atoms with E-state index in [0.717, 1.165) is 11.4 Å². The van der Waals surface area contributed by atoms with E-state index in [1.807, 2.05) is 54.6 Å². The van der Waals surface area contributed by atoms with Crippen molar-refractivity contribution in [1.29, 1.82) is 0 Å². The van der Waals surface area contributed by atoms with Crippen molar-refractivity contribution in [3.05, 3.63) is 78.9 Å². The second kappa shape index (κ2) is 8.70. The number of anilines is 2. The molecule has 3 aromatic carbocycles. The lowest BCUT2D eigenvalue weighted by Gasteiger charge is -2.11. The summed E-state index contributed by atoms with van der Waals surface area (Å²) >= 11 is 5.27. The molecule has 0 bridgehead atoms. The van der Waals surface area contributed by atoms with Crippen molar-refractivity contribution in [1.82, 2.24) is 0 Å². The number of primary sulfonamides is 1. The number of thiocarbonyl (C=S) groups is 1. The molecular weight excluding hydrogens is 394 g/mol. The summed E-state index contributed by atoms with van der Waals surface area (Å²) in [7, 11) is -3.72. The predicted octanol–water partition coefficient (Wildman–Crippen LogP) is 4.56. The molecule has 3 aromatic rings. The Morgan fingerprint density at radius 3 is 1.71 bits per heavy atom. The van der Waals surface area contributed by atoms with Gasteiger partial charge in [0, 0.05) is 11.4 Å². The fraction of sp³-hybridized carbons (Fsp3) is 0. The van der Waals surface area contributed by atoms with Crippen LogP contribution in [0.1, 0.15) is 0 Å². The molecule has 0 radical (unpaired) electrons. The lowest BCUT2D eigenvalue weighted by Crippen LogP contribution is -2.19. The van der Waals surface area contributed by atoms with Gasteiger partial charge < -0.3 is 10.6 Å². The van der Waals surface area contributed by atoms with Gasteiger partial charge in [0.1, 0.15) is 0 Å². The molecule has 0 heterocycles. The third kappa shape index (κ3) is 5.68. The molecule has 0 saturated carbocycles. The van der Waals surface area contributed by atoms with Crippen LogP contribution in [-0.2, 0) is 10.0 Å². The molecule has 3 rings (SSSR count). The maximum absolute atomic E-state index is 11.3. The van der Waals surface area contributed by atoms with Gasteiger partial charge in [0.2, 0.25) is 10.0 Å². The van der Waals surface area contributed by atoms with Crippen LogP contribution in [-0.4, -0.2) is 13.5 Å². The van der Waals surface area contributed by atoms with Crippen LogP contribution in [0.2, 0.25) is 0 Å². The zero-order chi connectivity index (χ0) is 20.0. The van der Waals surface area contributed by atoms with Crippen molar-refractivity contribution < 1.29 is 8.42 Å². The van der Waals surface area contributed by atoms with Crippen molar-refractivity contribution >= 4 is 50.1 Å². The van der Waals surface area contributed by atoms with Gasteiger partial charge in [0.25, 0.3) is 0 Å². The fourth-order valence-corrected chi connectivity index (χ4v) is 2.99. The van der Waals surface area contributed by atoms with Gasteiger partial charge in [-0.15, -0.1) is 0 Å². The predicted molar refractivity (Wildman–Crippen MR) is 115 cm³/mol. The van der Waals surface area contributed by atoms with Gasteiger partial charge in [0.05, 0.1) is 16.3 Å². The molecule has 0 aliphatic heterocycles. The Labute approximate surface area is 168 Å². The third-order valence-electron chi connectivity index (χ3n) is 3.60. The van der Waals surface area contributed by atoms with E-state index in [4.69, 9.17) is 17.4 Å². The molecule has 0 spiro atoms. The average molecular weight is 412 g/mol. The number of nitrogens with one attached hydrogen (secondary N) is 2. The first-order valence-corrected chi connectivity index (χ1v) is 10.1. The lowest BCUT2D eigenvalue weighted by molar-refractivity contribution is 0.598. The summed E-state index contributed by atoms with van der Waals surface area (Å²) in [5.74, 6) is 0. The first-order chi connectivity index (χ1) is 13.4. The number of nitrogens with two attached hydrogens (primary N) is 1. The summed E-state index contributed by atoms with van der Waals surface area (Å²) < 4.78 is 22.5. The molecule has 0 unspecified atom stereocenters. The second-order valence-corrected chi connectivity index (χ2v) is 7.70. The van der Waals surface area contributed by atoms with Gasteiger partial charge in [-0.2, -0.15) is 10.2 Å². The van der Waals surface area contributed by atoms with Gasteiger partial charge in [-0.3, -0.25) is 0 Å². The van der Waals surface area contributed by atoms with Crippen molar-refractivity contribution in [3.63, 3.8) is 0 Å². The van der Waals surface area contributed by atoms with Gasteiger partial charge in [0.15, 0.2) is 5.11 Å². The van der Waals surface area contributed by atoms with Crippen molar-refractivity contribution in [3.8, 4) is 0 Å². The van der Waals surface area contributed by atoms with Crippen LogP contribution in [0.15, 0.2) is 94.0 Å². The molecule has 0 saturated heterocycles. The molecule has 28 heavy (non-hydrogen) atoms.